The molecule has 1 aliphatic heterocycles. The number of halogens is 1. The number of benzene rings is 1. The number of aromatic nitrogens is 3. The molecule has 2 N–H and O–H groups in total. The molecule has 0 amide bonds. The van der Waals surface area contributed by atoms with Crippen LogP contribution in [0.15, 0.2) is 24.5 Å². The molecule has 0 radical (unpaired) electrons. The Balaban J connectivity index is 1.77. The highest BCUT2D eigenvalue weighted by Crippen LogP contribution is 2.17. The van der Waals surface area contributed by atoms with E-state index in [9.17, 15) is 4.39 Å². The van der Waals surface area contributed by atoms with Crippen LogP contribution in [0.1, 0.15) is 17.0 Å². The maximum absolute atomic E-state index is 13.3. The van der Waals surface area contributed by atoms with Gasteiger partial charge in [-0.3, -0.25) is 4.90 Å². The van der Waals surface area contributed by atoms with Crippen molar-refractivity contribution in [2.75, 3.05) is 6.54 Å². The van der Waals surface area contributed by atoms with E-state index in [0.29, 0.717) is 13.1 Å². The van der Waals surface area contributed by atoms with Gasteiger partial charge in [0.25, 0.3) is 0 Å². The van der Waals surface area contributed by atoms with Gasteiger partial charge in [-0.2, -0.15) is 0 Å². The highest BCUT2D eigenvalue weighted by molar-refractivity contribution is 5.27. The van der Waals surface area contributed by atoms with Crippen molar-refractivity contribution in [3.8, 4) is 0 Å². The molecular weight excluding hydrogens is 245 g/mol. The minimum Gasteiger partial charge on any atom is -0.326 e. The SMILES string of the molecule is NCc1ccc(F)cc1CN1CCn2cnnc2C1. The average Bonchev–Trinajstić information content (AvgIpc) is 2.86. The second-order valence-corrected chi connectivity index (χ2v) is 4.77. The minimum atomic E-state index is -0.215. The van der Waals surface area contributed by atoms with Crippen molar-refractivity contribution in [1.29, 1.82) is 0 Å². The third-order valence-electron chi connectivity index (χ3n) is 3.50. The van der Waals surface area contributed by atoms with Crippen LogP contribution in [0.4, 0.5) is 4.39 Å². The molecule has 0 atom stereocenters. The van der Waals surface area contributed by atoms with Gasteiger partial charge in [0.05, 0.1) is 6.54 Å². The van der Waals surface area contributed by atoms with Gasteiger partial charge in [-0.05, 0) is 23.3 Å². The Labute approximate surface area is 110 Å². The van der Waals surface area contributed by atoms with Gasteiger partial charge in [-0.15, -0.1) is 10.2 Å². The van der Waals surface area contributed by atoms with E-state index < -0.39 is 0 Å². The lowest BCUT2D eigenvalue weighted by Crippen LogP contribution is -2.33. The Morgan fingerprint density at radius 3 is 3.00 bits per heavy atom. The molecule has 0 fully saturated rings. The summed E-state index contributed by atoms with van der Waals surface area (Å²) >= 11 is 0. The van der Waals surface area contributed by atoms with Gasteiger partial charge in [-0.25, -0.2) is 4.39 Å². The fourth-order valence-corrected chi connectivity index (χ4v) is 2.43. The van der Waals surface area contributed by atoms with Gasteiger partial charge in [0, 0.05) is 26.2 Å². The van der Waals surface area contributed by atoms with Crippen LogP contribution < -0.4 is 5.73 Å². The normalized spacial score (nSPS) is 15.5. The van der Waals surface area contributed by atoms with Crippen molar-refractivity contribution >= 4 is 0 Å². The number of rotatable bonds is 3. The van der Waals surface area contributed by atoms with Gasteiger partial charge in [0.1, 0.15) is 18.0 Å². The summed E-state index contributed by atoms with van der Waals surface area (Å²) in [6.07, 6.45) is 1.75. The topological polar surface area (TPSA) is 60.0 Å². The van der Waals surface area contributed by atoms with E-state index in [1.165, 1.54) is 6.07 Å². The zero-order valence-electron chi connectivity index (χ0n) is 10.6. The molecule has 0 aliphatic carbocycles. The van der Waals surface area contributed by atoms with E-state index in [0.717, 1.165) is 36.6 Å². The quantitative estimate of drug-likeness (QED) is 0.891. The summed E-state index contributed by atoms with van der Waals surface area (Å²) in [5.41, 5.74) is 7.65. The van der Waals surface area contributed by atoms with E-state index in [2.05, 4.69) is 15.1 Å². The molecule has 2 heterocycles. The van der Waals surface area contributed by atoms with E-state index in [-0.39, 0.29) is 5.82 Å². The van der Waals surface area contributed by atoms with E-state index in [4.69, 9.17) is 5.73 Å². The standard InChI is InChI=1S/C13H16FN5/c14-12-2-1-10(6-15)11(5-12)7-18-3-4-19-9-16-17-13(19)8-18/h1-2,5,9H,3-4,6-8,15H2. The van der Waals surface area contributed by atoms with E-state index in [1.807, 2.05) is 4.57 Å². The number of hydrogen-bond donors (Lipinski definition) is 1. The van der Waals surface area contributed by atoms with Crippen LogP contribution in [-0.4, -0.2) is 26.2 Å². The highest BCUT2D eigenvalue weighted by atomic mass is 19.1. The predicted molar refractivity (Wildman–Crippen MR) is 68.4 cm³/mol. The van der Waals surface area contributed by atoms with Gasteiger partial charge in [0.2, 0.25) is 0 Å². The second kappa shape index (κ2) is 5.07. The van der Waals surface area contributed by atoms with Crippen molar-refractivity contribution in [2.24, 2.45) is 5.73 Å². The molecule has 3 rings (SSSR count). The molecule has 6 heteroatoms. The lowest BCUT2D eigenvalue weighted by Gasteiger charge is -2.27. The molecule has 100 valence electrons. The Kier molecular flexibility index (Phi) is 3.27. The van der Waals surface area contributed by atoms with Crippen molar-refractivity contribution in [3.63, 3.8) is 0 Å². The summed E-state index contributed by atoms with van der Waals surface area (Å²) in [6, 6.07) is 4.79. The molecule has 1 aromatic heterocycles. The number of hydrogen-bond acceptors (Lipinski definition) is 4. The smallest absolute Gasteiger partial charge is 0.147 e. The van der Waals surface area contributed by atoms with Crippen LogP contribution in [-0.2, 0) is 26.2 Å². The molecule has 19 heavy (non-hydrogen) atoms. The number of fused-ring (bicyclic) bond motifs is 1. The van der Waals surface area contributed by atoms with Crippen LogP contribution in [0.3, 0.4) is 0 Å². The lowest BCUT2D eigenvalue weighted by molar-refractivity contribution is 0.208. The first-order valence-corrected chi connectivity index (χ1v) is 6.32. The average molecular weight is 261 g/mol. The zero-order valence-corrected chi connectivity index (χ0v) is 10.6. The molecule has 1 aromatic carbocycles. The molecule has 0 spiro atoms. The molecule has 0 unspecified atom stereocenters. The van der Waals surface area contributed by atoms with Gasteiger partial charge in [0.15, 0.2) is 0 Å². The number of nitrogens with two attached hydrogens (primary N) is 1. The van der Waals surface area contributed by atoms with Crippen LogP contribution in [0.5, 0.6) is 0 Å². The van der Waals surface area contributed by atoms with Crippen molar-refractivity contribution in [1.82, 2.24) is 19.7 Å². The molecule has 5 nitrogen and oxygen atoms in total. The van der Waals surface area contributed by atoms with E-state index >= 15 is 0 Å². The molecule has 0 saturated carbocycles. The highest BCUT2D eigenvalue weighted by Gasteiger charge is 2.18. The third kappa shape index (κ3) is 2.50. The largest absolute Gasteiger partial charge is 0.326 e. The van der Waals surface area contributed by atoms with Gasteiger partial charge < -0.3 is 10.3 Å². The fraction of sp³-hybridized carbons (Fsp3) is 0.385. The first-order chi connectivity index (χ1) is 9.26. The summed E-state index contributed by atoms with van der Waals surface area (Å²) in [5.74, 6) is 0.740. The fourth-order valence-electron chi connectivity index (χ4n) is 2.43. The first-order valence-electron chi connectivity index (χ1n) is 6.32. The van der Waals surface area contributed by atoms with Crippen molar-refractivity contribution in [3.05, 3.63) is 47.3 Å². The van der Waals surface area contributed by atoms with Crippen molar-refractivity contribution in [2.45, 2.75) is 26.2 Å². The van der Waals surface area contributed by atoms with Gasteiger partial charge in [-0.1, -0.05) is 6.07 Å². The maximum Gasteiger partial charge on any atom is 0.147 e. The summed E-state index contributed by atoms with van der Waals surface area (Å²) in [6.45, 7) is 3.64. The van der Waals surface area contributed by atoms with Crippen LogP contribution in [0.25, 0.3) is 0 Å². The molecule has 2 aromatic rings. The van der Waals surface area contributed by atoms with Crippen molar-refractivity contribution < 1.29 is 4.39 Å². The summed E-state index contributed by atoms with van der Waals surface area (Å²) in [7, 11) is 0. The Morgan fingerprint density at radius 1 is 1.26 bits per heavy atom. The molecule has 0 saturated heterocycles. The minimum absolute atomic E-state index is 0.215. The van der Waals surface area contributed by atoms with Crippen LogP contribution in [0.2, 0.25) is 0 Å². The second-order valence-electron chi connectivity index (χ2n) is 4.77. The molecule has 0 bridgehead atoms. The molecule has 1 aliphatic rings. The molecular formula is C13H16FN5. The Bertz CT molecular complexity index is 580. The van der Waals surface area contributed by atoms with Crippen LogP contribution >= 0.6 is 0 Å². The Morgan fingerprint density at radius 2 is 2.16 bits per heavy atom. The maximum atomic E-state index is 13.3. The summed E-state index contributed by atoms with van der Waals surface area (Å²) in [5, 5.41) is 7.98. The van der Waals surface area contributed by atoms with E-state index in [1.54, 1.807) is 18.5 Å². The monoisotopic (exact) mass is 261 g/mol. The summed E-state index contributed by atoms with van der Waals surface area (Å²) in [4.78, 5) is 2.23. The third-order valence-corrected chi connectivity index (χ3v) is 3.50. The first kappa shape index (κ1) is 12.3. The lowest BCUT2D eigenvalue weighted by atomic mass is 10.1. The van der Waals surface area contributed by atoms with Gasteiger partial charge >= 0.3 is 0 Å². The Hall–Kier alpha value is -1.79. The summed E-state index contributed by atoms with van der Waals surface area (Å²) < 4.78 is 15.4. The number of nitrogens with zero attached hydrogens (tertiary/aromatic N) is 4. The van der Waals surface area contributed by atoms with Crippen LogP contribution in [0, 0.1) is 5.82 Å². The zero-order chi connectivity index (χ0) is 13.2. The predicted octanol–water partition coefficient (Wildman–Crippen LogP) is 0.892.